The van der Waals surface area contributed by atoms with Crippen LogP contribution in [0.15, 0.2) is 30.6 Å². The van der Waals surface area contributed by atoms with E-state index in [1.165, 1.54) is 5.57 Å². The largest absolute Gasteiger partial charge is 0.389 e. The fourth-order valence-electron chi connectivity index (χ4n) is 1.50. The molecule has 1 aliphatic carbocycles. The van der Waals surface area contributed by atoms with Crippen LogP contribution in [-0.4, -0.2) is 16.2 Å². The van der Waals surface area contributed by atoms with Crippen LogP contribution in [0.25, 0.3) is 5.57 Å². The van der Waals surface area contributed by atoms with E-state index in [1.807, 2.05) is 24.4 Å². The number of pyridine rings is 1. The minimum atomic E-state index is -0.250. The number of aromatic nitrogens is 1. The monoisotopic (exact) mass is 161 g/mol. The maximum atomic E-state index is 9.26. The first-order chi connectivity index (χ1) is 5.86. The van der Waals surface area contributed by atoms with Gasteiger partial charge in [-0.05, 0) is 30.0 Å². The molecule has 0 bridgehead atoms. The average Bonchev–Trinajstić information content (AvgIpc) is 2.54. The van der Waals surface area contributed by atoms with E-state index in [-0.39, 0.29) is 6.10 Å². The van der Waals surface area contributed by atoms with Gasteiger partial charge in [-0.25, -0.2) is 0 Å². The van der Waals surface area contributed by atoms with E-state index in [1.54, 1.807) is 6.20 Å². The van der Waals surface area contributed by atoms with Gasteiger partial charge in [-0.3, -0.25) is 4.98 Å². The number of hydrogen-bond acceptors (Lipinski definition) is 2. The van der Waals surface area contributed by atoms with Crippen molar-refractivity contribution >= 4 is 5.57 Å². The Morgan fingerprint density at radius 3 is 3.00 bits per heavy atom. The lowest BCUT2D eigenvalue weighted by Gasteiger charge is -1.98. The number of nitrogens with zero attached hydrogens (tertiary/aromatic N) is 1. The molecule has 1 N–H and O–H groups in total. The number of hydrogen-bond donors (Lipinski definition) is 1. The highest BCUT2D eigenvalue weighted by Crippen LogP contribution is 2.26. The zero-order valence-electron chi connectivity index (χ0n) is 6.77. The summed E-state index contributed by atoms with van der Waals surface area (Å²) in [7, 11) is 0. The van der Waals surface area contributed by atoms with E-state index < -0.39 is 0 Å². The molecule has 0 radical (unpaired) electrons. The molecule has 12 heavy (non-hydrogen) atoms. The summed E-state index contributed by atoms with van der Waals surface area (Å²) in [5, 5.41) is 9.26. The van der Waals surface area contributed by atoms with E-state index >= 15 is 0 Å². The molecule has 0 aromatic carbocycles. The van der Waals surface area contributed by atoms with Gasteiger partial charge >= 0.3 is 0 Å². The number of aliphatic hydroxyl groups excluding tert-OH is 1. The molecule has 0 saturated heterocycles. The Hall–Kier alpha value is -1.15. The van der Waals surface area contributed by atoms with Gasteiger partial charge < -0.3 is 5.11 Å². The smallest absolute Gasteiger partial charge is 0.0730 e. The van der Waals surface area contributed by atoms with Gasteiger partial charge in [0.1, 0.15) is 0 Å². The summed E-state index contributed by atoms with van der Waals surface area (Å²) in [6.45, 7) is 0. The summed E-state index contributed by atoms with van der Waals surface area (Å²) in [4.78, 5) is 4.03. The van der Waals surface area contributed by atoms with Gasteiger partial charge in [-0.2, -0.15) is 0 Å². The molecule has 1 aromatic heterocycles. The van der Waals surface area contributed by atoms with E-state index in [0.29, 0.717) is 0 Å². The zero-order chi connectivity index (χ0) is 8.39. The maximum absolute atomic E-state index is 9.26. The molecule has 1 heterocycles. The summed E-state index contributed by atoms with van der Waals surface area (Å²) in [6, 6.07) is 3.94. The van der Waals surface area contributed by atoms with Gasteiger partial charge in [0.25, 0.3) is 0 Å². The van der Waals surface area contributed by atoms with Crippen LogP contribution in [0.3, 0.4) is 0 Å². The van der Waals surface area contributed by atoms with Gasteiger partial charge in [0.2, 0.25) is 0 Å². The van der Waals surface area contributed by atoms with E-state index in [9.17, 15) is 5.11 Å². The summed E-state index contributed by atoms with van der Waals surface area (Å²) < 4.78 is 0. The molecule has 2 rings (SSSR count). The van der Waals surface area contributed by atoms with E-state index in [2.05, 4.69) is 4.98 Å². The molecule has 0 aliphatic heterocycles. The zero-order valence-corrected chi connectivity index (χ0v) is 6.77. The third kappa shape index (κ3) is 1.38. The van der Waals surface area contributed by atoms with Crippen LogP contribution in [0.1, 0.15) is 18.4 Å². The number of aliphatic hydroxyl groups is 1. The normalized spacial score (nSPS) is 22.4. The third-order valence-corrected chi connectivity index (χ3v) is 2.14. The van der Waals surface area contributed by atoms with E-state index in [4.69, 9.17) is 0 Å². The maximum Gasteiger partial charge on any atom is 0.0730 e. The molecule has 0 spiro atoms. The molecule has 1 unspecified atom stereocenters. The standard InChI is InChI=1S/C10H11NO/c12-10-4-3-8(6-10)9-2-1-5-11-7-9/h1-2,5-7,10,12H,3-4H2. The predicted octanol–water partition coefficient (Wildman–Crippen LogP) is 1.62. The second kappa shape index (κ2) is 3.07. The third-order valence-electron chi connectivity index (χ3n) is 2.14. The Kier molecular flexibility index (Phi) is 1.92. The molecule has 1 aliphatic rings. The highest BCUT2D eigenvalue weighted by atomic mass is 16.3. The van der Waals surface area contributed by atoms with Crippen LogP contribution in [0, 0.1) is 0 Å². The highest BCUT2D eigenvalue weighted by molar-refractivity contribution is 5.67. The van der Waals surface area contributed by atoms with Crippen LogP contribution in [0.4, 0.5) is 0 Å². The fraction of sp³-hybridized carbons (Fsp3) is 0.300. The lowest BCUT2D eigenvalue weighted by atomic mass is 10.1. The lowest BCUT2D eigenvalue weighted by molar-refractivity contribution is 0.223. The molecule has 1 aromatic rings. The van der Waals surface area contributed by atoms with Gasteiger partial charge in [0.05, 0.1) is 6.10 Å². The van der Waals surface area contributed by atoms with Gasteiger partial charge in [-0.1, -0.05) is 12.1 Å². The van der Waals surface area contributed by atoms with Crippen molar-refractivity contribution in [2.45, 2.75) is 18.9 Å². The number of allylic oxidation sites excluding steroid dienone is 1. The number of rotatable bonds is 1. The van der Waals surface area contributed by atoms with Crippen molar-refractivity contribution in [1.29, 1.82) is 0 Å². The Morgan fingerprint density at radius 2 is 2.42 bits per heavy atom. The molecule has 2 nitrogen and oxygen atoms in total. The predicted molar refractivity (Wildman–Crippen MR) is 47.5 cm³/mol. The first-order valence-electron chi connectivity index (χ1n) is 4.15. The van der Waals surface area contributed by atoms with Crippen LogP contribution in [-0.2, 0) is 0 Å². The van der Waals surface area contributed by atoms with Crippen molar-refractivity contribution in [3.63, 3.8) is 0 Å². The fourth-order valence-corrected chi connectivity index (χ4v) is 1.50. The quantitative estimate of drug-likeness (QED) is 0.679. The molecule has 0 fully saturated rings. The van der Waals surface area contributed by atoms with Gasteiger partial charge in [0, 0.05) is 12.4 Å². The molecule has 62 valence electrons. The molecular formula is C10H11NO. The lowest BCUT2D eigenvalue weighted by Crippen LogP contribution is -1.93. The van der Waals surface area contributed by atoms with Crippen LogP contribution >= 0.6 is 0 Å². The van der Waals surface area contributed by atoms with Crippen molar-refractivity contribution in [1.82, 2.24) is 4.98 Å². The van der Waals surface area contributed by atoms with Crippen molar-refractivity contribution in [3.05, 3.63) is 36.2 Å². The summed E-state index contributed by atoms with van der Waals surface area (Å²) in [6.07, 6.45) is 7.08. The average molecular weight is 161 g/mol. The Balaban J connectivity index is 2.27. The molecule has 0 saturated carbocycles. The van der Waals surface area contributed by atoms with Crippen LogP contribution in [0.5, 0.6) is 0 Å². The van der Waals surface area contributed by atoms with Crippen molar-refractivity contribution in [2.75, 3.05) is 0 Å². The molecule has 0 amide bonds. The summed E-state index contributed by atoms with van der Waals surface area (Å²) in [5.74, 6) is 0. The molecule has 2 heteroatoms. The minimum absolute atomic E-state index is 0.250. The summed E-state index contributed by atoms with van der Waals surface area (Å²) >= 11 is 0. The topological polar surface area (TPSA) is 33.1 Å². The summed E-state index contributed by atoms with van der Waals surface area (Å²) in [5.41, 5.74) is 2.35. The molecular weight excluding hydrogens is 150 g/mol. The van der Waals surface area contributed by atoms with E-state index in [0.717, 1.165) is 18.4 Å². The SMILES string of the molecule is OC1C=C(c2cccnc2)CC1. The second-order valence-electron chi connectivity index (χ2n) is 3.04. The Bertz CT molecular complexity index is 292. The van der Waals surface area contributed by atoms with Crippen molar-refractivity contribution < 1.29 is 5.11 Å². The van der Waals surface area contributed by atoms with Crippen LogP contribution < -0.4 is 0 Å². The van der Waals surface area contributed by atoms with Gasteiger partial charge in [0.15, 0.2) is 0 Å². The molecule has 1 atom stereocenters. The highest BCUT2D eigenvalue weighted by Gasteiger charge is 2.13. The van der Waals surface area contributed by atoms with Crippen molar-refractivity contribution in [2.24, 2.45) is 0 Å². The Labute approximate surface area is 71.6 Å². The first kappa shape index (κ1) is 7.50. The minimum Gasteiger partial charge on any atom is -0.389 e. The van der Waals surface area contributed by atoms with Gasteiger partial charge in [-0.15, -0.1) is 0 Å². The van der Waals surface area contributed by atoms with Crippen LogP contribution in [0.2, 0.25) is 0 Å². The first-order valence-corrected chi connectivity index (χ1v) is 4.15. The Morgan fingerprint density at radius 1 is 1.50 bits per heavy atom. The second-order valence-corrected chi connectivity index (χ2v) is 3.04. The van der Waals surface area contributed by atoms with Crippen molar-refractivity contribution in [3.8, 4) is 0 Å².